The average molecular weight is 460 g/mol. The van der Waals surface area contributed by atoms with Gasteiger partial charge in [-0.05, 0) is 37.9 Å². The molecule has 0 aromatic rings. The molecule has 0 aromatic carbocycles. The van der Waals surface area contributed by atoms with Gasteiger partial charge >= 0.3 is 43.0 Å². The van der Waals surface area contributed by atoms with Gasteiger partial charge in [-0.3, -0.25) is 0 Å². The van der Waals surface area contributed by atoms with Gasteiger partial charge in [0.15, 0.2) is 0 Å². The van der Waals surface area contributed by atoms with Crippen LogP contribution in [0, 0.1) is 0 Å². The van der Waals surface area contributed by atoms with Crippen LogP contribution >= 0.6 is 24.4 Å². The Kier molecular flexibility index (Phi) is 14.2. The molecular formula is C13H23Br2NOZr. The molecule has 0 fully saturated rings. The van der Waals surface area contributed by atoms with Crippen molar-refractivity contribution in [2.45, 2.75) is 39.2 Å². The zero-order valence-corrected chi connectivity index (χ0v) is 16.8. The van der Waals surface area contributed by atoms with Crippen LogP contribution in [0.3, 0.4) is 0 Å². The van der Waals surface area contributed by atoms with E-state index >= 15 is 0 Å². The van der Waals surface area contributed by atoms with Gasteiger partial charge in [-0.25, -0.2) is 0 Å². The zero-order chi connectivity index (χ0) is 13.8. The molecule has 1 unspecified atom stereocenters. The summed E-state index contributed by atoms with van der Waals surface area (Å²) in [5.74, 6) is 0. The van der Waals surface area contributed by atoms with E-state index in [0.717, 1.165) is 44.5 Å². The third kappa shape index (κ3) is 9.20. The maximum atomic E-state index is 10.0. The summed E-state index contributed by atoms with van der Waals surface area (Å²) in [5.41, 5.74) is 1.16. The second-order valence-electron chi connectivity index (χ2n) is 4.26. The Bertz CT molecular complexity index is 253. The molecule has 18 heavy (non-hydrogen) atoms. The molecule has 104 valence electrons. The van der Waals surface area contributed by atoms with Crippen molar-refractivity contribution in [1.82, 2.24) is 4.90 Å². The maximum absolute atomic E-state index is 10.0. The van der Waals surface area contributed by atoms with E-state index in [1.165, 1.54) is 0 Å². The van der Waals surface area contributed by atoms with Gasteiger partial charge in [0.2, 0.25) is 0 Å². The molecular weight excluding hydrogens is 437 g/mol. The molecule has 1 N–H and O–H groups in total. The summed E-state index contributed by atoms with van der Waals surface area (Å²) in [5, 5.41) is 10.0. The SMILES string of the molecule is CCCN(CCC)CC(O)C1=CC=CC1.[Br][Zr][Br]. The van der Waals surface area contributed by atoms with Crippen molar-refractivity contribution in [3.05, 3.63) is 23.8 Å². The molecule has 2 nitrogen and oxygen atoms in total. The molecule has 0 amide bonds. The van der Waals surface area contributed by atoms with Crippen LogP contribution in [-0.2, 0) is 18.5 Å². The van der Waals surface area contributed by atoms with Crippen LogP contribution in [-0.4, -0.2) is 35.7 Å². The van der Waals surface area contributed by atoms with Crippen LogP contribution in [0.4, 0.5) is 0 Å². The number of allylic oxidation sites excluding steroid dienone is 3. The molecule has 5 heteroatoms. The van der Waals surface area contributed by atoms with Crippen LogP contribution < -0.4 is 0 Å². The van der Waals surface area contributed by atoms with Crippen LogP contribution in [0.1, 0.15) is 33.1 Å². The van der Waals surface area contributed by atoms with Crippen LogP contribution in [0.15, 0.2) is 23.8 Å². The van der Waals surface area contributed by atoms with Gasteiger partial charge in [0.05, 0.1) is 6.10 Å². The summed E-state index contributed by atoms with van der Waals surface area (Å²) in [6.07, 6.45) is 9.13. The monoisotopic (exact) mass is 457 g/mol. The normalized spacial score (nSPS) is 15.1. The second kappa shape index (κ2) is 13.2. The van der Waals surface area contributed by atoms with Gasteiger partial charge in [0.1, 0.15) is 0 Å². The molecule has 0 spiro atoms. The summed E-state index contributed by atoms with van der Waals surface area (Å²) in [7, 11) is 0. The molecule has 0 aromatic heterocycles. The number of rotatable bonds is 7. The number of halogens is 2. The van der Waals surface area contributed by atoms with Crippen LogP contribution in [0.5, 0.6) is 0 Å². The number of aliphatic hydroxyl groups is 1. The van der Waals surface area contributed by atoms with E-state index in [0.29, 0.717) is 0 Å². The van der Waals surface area contributed by atoms with Gasteiger partial charge < -0.3 is 10.0 Å². The van der Waals surface area contributed by atoms with Gasteiger partial charge in [0, 0.05) is 6.54 Å². The van der Waals surface area contributed by atoms with Crippen molar-refractivity contribution in [3.8, 4) is 0 Å². The Morgan fingerprint density at radius 1 is 1.33 bits per heavy atom. The fourth-order valence-corrected chi connectivity index (χ4v) is 2.00. The first-order valence-electron chi connectivity index (χ1n) is 6.41. The van der Waals surface area contributed by atoms with E-state index in [1.807, 2.05) is 12.2 Å². The van der Waals surface area contributed by atoms with E-state index < -0.39 is 0 Å². The van der Waals surface area contributed by atoms with Crippen molar-refractivity contribution in [2.75, 3.05) is 19.6 Å². The van der Waals surface area contributed by atoms with Crippen molar-refractivity contribution >= 4 is 24.4 Å². The third-order valence-corrected chi connectivity index (χ3v) is 2.74. The third-order valence-electron chi connectivity index (χ3n) is 2.74. The van der Waals surface area contributed by atoms with E-state index in [-0.39, 0.29) is 24.6 Å². The minimum absolute atomic E-state index is 0.145. The Morgan fingerprint density at radius 3 is 2.28 bits per heavy atom. The summed E-state index contributed by atoms with van der Waals surface area (Å²) < 4.78 is 0. The van der Waals surface area contributed by atoms with Crippen molar-refractivity contribution in [1.29, 1.82) is 0 Å². The van der Waals surface area contributed by atoms with Gasteiger partial charge in [0.25, 0.3) is 0 Å². The van der Waals surface area contributed by atoms with E-state index in [2.05, 4.69) is 49.3 Å². The molecule has 1 atom stereocenters. The van der Waals surface area contributed by atoms with Crippen LogP contribution in [0.25, 0.3) is 0 Å². The quantitative estimate of drug-likeness (QED) is 0.620. The van der Waals surface area contributed by atoms with Crippen molar-refractivity contribution in [3.63, 3.8) is 0 Å². The molecule has 1 rings (SSSR count). The molecule has 1 aliphatic carbocycles. The first kappa shape index (κ1) is 19.2. The Morgan fingerprint density at radius 2 is 1.89 bits per heavy atom. The standard InChI is InChI=1S/C13H23NO.2BrH.Zr/c1-3-9-14(10-4-2)11-13(15)12-7-5-6-8-12;;;/h5-7,13,15H,3-4,8-11H2,1-2H3;2*1H;/q;;;+2/p-2. The molecule has 0 heterocycles. The van der Waals surface area contributed by atoms with Crippen LogP contribution in [0.2, 0.25) is 0 Å². The fourth-order valence-electron chi connectivity index (χ4n) is 2.00. The van der Waals surface area contributed by atoms with E-state index in [9.17, 15) is 5.11 Å². The average Bonchev–Trinajstić information content (AvgIpc) is 2.84. The Hall–Kier alpha value is 1.24. The Labute approximate surface area is 134 Å². The second-order valence-corrected chi connectivity index (χ2v) is 15.6. The predicted molar refractivity (Wildman–Crippen MR) is 82.7 cm³/mol. The van der Waals surface area contributed by atoms with E-state index in [4.69, 9.17) is 0 Å². The number of aliphatic hydroxyl groups excluding tert-OH is 1. The molecule has 0 saturated carbocycles. The zero-order valence-electron chi connectivity index (χ0n) is 11.2. The van der Waals surface area contributed by atoms with Gasteiger partial charge in [-0.1, -0.05) is 32.1 Å². The summed E-state index contributed by atoms with van der Waals surface area (Å²) >= 11 is 6.32. The summed E-state index contributed by atoms with van der Waals surface area (Å²) in [4.78, 5) is 2.35. The fraction of sp³-hybridized carbons (Fsp3) is 0.692. The first-order valence-corrected chi connectivity index (χ1v) is 17.7. The molecule has 0 saturated heterocycles. The minimum atomic E-state index is -0.280. The number of nitrogens with zero attached hydrogens (tertiary/aromatic N) is 1. The molecule has 0 bridgehead atoms. The molecule has 0 radical (unpaired) electrons. The van der Waals surface area contributed by atoms with Gasteiger partial charge in [-0.15, -0.1) is 0 Å². The van der Waals surface area contributed by atoms with E-state index in [1.54, 1.807) is 0 Å². The van der Waals surface area contributed by atoms with Crippen molar-refractivity contribution < 1.29 is 23.6 Å². The number of hydrogen-bond acceptors (Lipinski definition) is 2. The van der Waals surface area contributed by atoms with Gasteiger partial charge in [-0.2, -0.15) is 0 Å². The van der Waals surface area contributed by atoms with Crippen molar-refractivity contribution in [2.24, 2.45) is 0 Å². The summed E-state index contributed by atoms with van der Waals surface area (Å²) in [6.45, 7) is 7.34. The molecule has 1 aliphatic rings. The summed E-state index contributed by atoms with van der Waals surface area (Å²) in [6, 6.07) is 0. The topological polar surface area (TPSA) is 23.5 Å². The molecule has 0 aliphatic heterocycles. The number of hydrogen-bond donors (Lipinski definition) is 1. The predicted octanol–water partition coefficient (Wildman–Crippen LogP) is 4.04. The first-order chi connectivity index (χ1) is 8.69. The Balaban J connectivity index is 0.000000873.